The molecule has 5 rings (SSSR count). The van der Waals surface area contributed by atoms with E-state index in [4.69, 9.17) is 14.5 Å². The molecule has 0 spiro atoms. The number of aromatic nitrogens is 2. The highest BCUT2D eigenvalue weighted by Crippen LogP contribution is 2.34. The summed E-state index contributed by atoms with van der Waals surface area (Å²) in [6, 6.07) is 22.2. The van der Waals surface area contributed by atoms with E-state index in [2.05, 4.69) is 46.9 Å². The van der Waals surface area contributed by atoms with Crippen molar-refractivity contribution in [1.82, 2.24) is 9.66 Å². The van der Waals surface area contributed by atoms with Crippen molar-refractivity contribution in [3.63, 3.8) is 0 Å². The van der Waals surface area contributed by atoms with E-state index < -0.39 is 11.7 Å². The molecule has 0 saturated heterocycles. The van der Waals surface area contributed by atoms with Gasteiger partial charge in [0.15, 0.2) is 12.4 Å². The van der Waals surface area contributed by atoms with Gasteiger partial charge in [-0.1, -0.05) is 32.0 Å². The summed E-state index contributed by atoms with van der Waals surface area (Å²) in [6.07, 6.45) is 1.59. The normalized spacial score (nSPS) is 11.3. The van der Waals surface area contributed by atoms with Crippen LogP contribution in [-0.2, 0) is 4.79 Å². The average molecular weight is 705 g/mol. The minimum absolute atomic E-state index is 0.184. The van der Waals surface area contributed by atoms with Gasteiger partial charge in [-0.15, -0.1) is 0 Å². The summed E-state index contributed by atoms with van der Waals surface area (Å²) >= 11 is 2.11. The van der Waals surface area contributed by atoms with Crippen LogP contribution in [0.25, 0.3) is 22.3 Å². The lowest BCUT2D eigenvalue weighted by molar-refractivity contribution is -0.118. The van der Waals surface area contributed by atoms with Crippen molar-refractivity contribution in [2.24, 2.45) is 5.10 Å². The van der Waals surface area contributed by atoms with Crippen LogP contribution in [0.15, 0.2) is 88.8 Å². The fraction of sp³-hybridized carbons (Fsp3) is 0.176. The molecule has 8 nitrogen and oxygen atoms in total. The molecule has 0 aliphatic rings. The van der Waals surface area contributed by atoms with Crippen LogP contribution in [0.3, 0.4) is 0 Å². The highest BCUT2D eigenvalue weighted by atomic mass is 127. The van der Waals surface area contributed by atoms with E-state index in [0.717, 1.165) is 26.0 Å². The van der Waals surface area contributed by atoms with Crippen molar-refractivity contribution >= 4 is 51.3 Å². The molecule has 0 aliphatic carbocycles. The molecule has 0 atom stereocenters. The molecule has 1 aromatic heterocycles. The molecule has 0 aliphatic heterocycles. The number of nitrogens with one attached hydrogen (secondary N) is 1. The number of para-hydroxylation sites is 1. The lowest BCUT2D eigenvalue weighted by Gasteiger charge is -2.17. The van der Waals surface area contributed by atoms with Gasteiger partial charge in [0.1, 0.15) is 17.3 Å². The molecule has 1 heterocycles. The fourth-order valence-corrected chi connectivity index (χ4v) is 5.41. The van der Waals surface area contributed by atoms with Gasteiger partial charge in [0.05, 0.1) is 27.8 Å². The van der Waals surface area contributed by atoms with Gasteiger partial charge in [-0.3, -0.25) is 9.59 Å². The zero-order valence-corrected chi connectivity index (χ0v) is 26.8. The van der Waals surface area contributed by atoms with Gasteiger partial charge in [0, 0.05) is 11.3 Å². The van der Waals surface area contributed by atoms with E-state index in [9.17, 15) is 14.0 Å². The summed E-state index contributed by atoms with van der Waals surface area (Å²) in [7, 11) is 1.65. The summed E-state index contributed by atoms with van der Waals surface area (Å²) in [6.45, 7) is 5.88. The number of carbonyl (C=O) groups is 1. The number of fused-ring (bicyclic) bond motifs is 1. The molecule has 224 valence electrons. The number of hydrogen-bond acceptors (Lipinski definition) is 6. The van der Waals surface area contributed by atoms with Crippen LogP contribution in [0.2, 0.25) is 0 Å². The molecule has 44 heavy (non-hydrogen) atoms. The van der Waals surface area contributed by atoms with Crippen LogP contribution in [0.5, 0.6) is 11.5 Å². The predicted octanol–water partition coefficient (Wildman–Crippen LogP) is 7.15. The fourth-order valence-electron chi connectivity index (χ4n) is 4.72. The molecule has 0 radical (unpaired) electrons. The topological polar surface area (TPSA) is 94.8 Å². The molecular formula is C34H30FIN4O4. The number of carbonyl (C=O) groups excluding carboxylic acids is 1. The summed E-state index contributed by atoms with van der Waals surface area (Å²) in [4.78, 5) is 30.9. The Labute approximate surface area is 267 Å². The monoisotopic (exact) mass is 704 g/mol. The Morgan fingerprint density at radius 2 is 1.86 bits per heavy atom. The second kappa shape index (κ2) is 13.4. The number of benzene rings is 4. The Balaban J connectivity index is 1.45. The Kier molecular flexibility index (Phi) is 9.38. The largest absolute Gasteiger partial charge is 0.496 e. The lowest BCUT2D eigenvalue weighted by atomic mass is 9.96. The van der Waals surface area contributed by atoms with E-state index in [-0.39, 0.29) is 18.1 Å². The minimum Gasteiger partial charge on any atom is -0.496 e. The highest BCUT2D eigenvalue weighted by molar-refractivity contribution is 14.1. The third-order valence-corrected chi connectivity index (χ3v) is 7.78. The first-order chi connectivity index (χ1) is 21.1. The van der Waals surface area contributed by atoms with Crippen molar-refractivity contribution < 1.29 is 18.7 Å². The highest BCUT2D eigenvalue weighted by Gasteiger charge is 2.18. The first kappa shape index (κ1) is 30.9. The first-order valence-electron chi connectivity index (χ1n) is 13.9. The minimum atomic E-state index is -0.441. The number of ether oxygens (including phenoxy) is 2. The summed E-state index contributed by atoms with van der Waals surface area (Å²) in [5, 5.41) is 7.67. The second-order valence-corrected chi connectivity index (χ2v) is 11.6. The number of nitrogens with zero attached hydrogens (tertiary/aromatic N) is 3. The standard InChI is InChI=1S/C34H30FIN4O4/c1-20(2)26-17-27(21(3)14-31(26)43-4)33-39-29-11-6-5-10-25(29)34(42)40(33)37-18-22-12-13-30(28(36)15-22)44-19-32(41)38-24-9-7-8-23(35)16-24/h5-18,20H,19H2,1-4H3,(H,38,41). The van der Waals surface area contributed by atoms with E-state index in [1.54, 1.807) is 43.7 Å². The van der Waals surface area contributed by atoms with Crippen molar-refractivity contribution in [2.75, 3.05) is 19.0 Å². The third-order valence-electron chi connectivity index (χ3n) is 6.94. The Hall–Kier alpha value is -4.58. The molecule has 4 aromatic carbocycles. The molecule has 0 unspecified atom stereocenters. The zero-order valence-electron chi connectivity index (χ0n) is 24.6. The summed E-state index contributed by atoms with van der Waals surface area (Å²) in [5.41, 5.74) is 4.04. The number of methoxy groups -OCH3 is 1. The Morgan fingerprint density at radius 1 is 1.07 bits per heavy atom. The van der Waals surface area contributed by atoms with Crippen molar-refractivity contribution in [1.29, 1.82) is 0 Å². The summed E-state index contributed by atoms with van der Waals surface area (Å²) in [5.74, 6) is 1.03. The molecule has 0 fully saturated rings. The van der Waals surface area contributed by atoms with E-state index in [1.807, 2.05) is 37.3 Å². The van der Waals surface area contributed by atoms with Crippen molar-refractivity contribution in [3.05, 3.63) is 115 Å². The van der Waals surface area contributed by atoms with Gasteiger partial charge in [0.25, 0.3) is 11.5 Å². The molecule has 0 saturated carbocycles. The van der Waals surface area contributed by atoms with E-state index >= 15 is 0 Å². The van der Waals surface area contributed by atoms with Crippen LogP contribution in [0.1, 0.15) is 36.5 Å². The van der Waals surface area contributed by atoms with Crippen LogP contribution in [0, 0.1) is 16.3 Å². The van der Waals surface area contributed by atoms with E-state index in [1.165, 1.54) is 22.9 Å². The number of rotatable bonds is 9. The maximum Gasteiger partial charge on any atom is 0.282 e. The summed E-state index contributed by atoms with van der Waals surface area (Å²) < 4.78 is 26.8. The van der Waals surface area contributed by atoms with Crippen LogP contribution in [-0.4, -0.2) is 35.5 Å². The quantitative estimate of drug-likeness (QED) is 0.130. The third kappa shape index (κ3) is 6.80. The zero-order chi connectivity index (χ0) is 31.4. The number of amides is 1. The number of anilines is 1. The second-order valence-electron chi connectivity index (χ2n) is 10.4. The van der Waals surface area contributed by atoms with Crippen molar-refractivity contribution in [2.45, 2.75) is 26.7 Å². The van der Waals surface area contributed by atoms with Crippen LogP contribution >= 0.6 is 22.6 Å². The smallest absolute Gasteiger partial charge is 0.282 e. The maximum atomic E-state index is 13.7. The van der Waals surface area contributed by atoms with Gasteiger partial charge in [0.2, 0.25) is 0 Å². The Bertz CT molecular complexity index is 1950. The van der Waals surface area contributed by atoms with E-state index in [0.29, 0.717) is 33.7 Å². The SMILES string of the molecule is COc1cc(C)c(-c2nc3ccccc3c(=O)n2N=Cc2ccc(OCC(=O)Nc3cccc(F)c3)c(I)c2)cc1C(C)C. The maximum absolute atomic E-state index is 13.7. The van der Waals surface area contributed by atoms with Crippen LogP contribution in [0.4, 0.5) is 10.1 Å². The number of halogens is 2. The number of aryl methyl sites for hydroxylation is 1. The molecule has 1 N–H and O–H groups in total. The molecule has 1 amide bonds. The molecule has 5 aromatic rings. The van der Waals surface area contributed by atoms with Gasteiger partial charge >= 0.3 is 0 Å². The first-order valence-corrected chi connectivity index (χ1v) is 14.9. The van der Waals surface area contributed by atoms with Crippen molar-refractivity contribution in [3.8, 4) is 22.9 Å². The van der Waals surface area contributed by atoms with Gasteiger partial charge in [-0.25, -0.2) is 9.37 Å². The Morgan fingerprint density at radius 3 is 2.59 bits per heavy atom. The van der Waals surface area contributed by atoms with Crippen LogP contribution < -0.4 is 20.3 Å². The molecular weight excluding hydrogens is 674 g/mol. The predicted molar refractivity (Wildman–Crippen MR) is 179 cm³/mol. The average Bonchev–Trinajstić information content (AvgIpc) is 2.99. The lowest BCUT2D eigenvalue weighted by Crippen LogP contribution is -2.21. The molecule has 0 bridgehead atoms. The van der Waals surface area contributed by atoms with Gasteiger partial charge in [-0.05, 0) is 113 Å². The number of hydrogen-bond donors (Lipinski definition) is 1. The van der Waals surface area contributed by atoms with Gasteiger partial charge < -0.3 is 14.8 Å². The van der Waals surface area contributed by atoms with Gasteiger partial charge in [-0.2, -0.15) is 9.78 Å². The molecule has 10 heteroatoms.